The molecular formula is C25H21N5O. The number of aromatic amines is 1. The van der Waals surface area contributed by atoms with Crippen molar-refractivity contribution in [3.8, 4) is 11.3 Å². The molecule has 3 aromatic carbocycles. The lowest BCUT2D eigenvalue weighted by molar-refractivity contribution is 0.626. The summed E-state index contributed by atoms with van der Waals surface area (Å²) in [5.74, 6) is 1.35. The van der Waals surface area contributed by atoms with Crippen LogP contribution in [0.1, 0.15) is 17.2 Å². The van der Waals surface area contributed by atoms with Crippen LogP contribution in [0.5, 0.6) is 0 Å². The minimum atomic E-state index is -0.141. The van der Waals surface area contributed by atoms with E-state index in [1.807, 2.05) is 72.8 Å². The maximum absolute atomic E-state index is 13.1. The Hall–Kier alpha value is -4.06. The second-order valence-corrected chi connectivity index (χ2v) is 7.41. The van der Waals surface area contributed by atoms with Gasteiger partial charge in [0, 0.05) is 17.4 Å². The number of aromatic nitrogens is 5. The SMILES string of the molecule is O=c1c2ccccc2c(-c2ccccc2)nn1Cc1nc(CCc2ccccc2)n[nH]1. The minimum absolute atomic E-state index is 0.141. The Kier molecular flexibility index (Phi) is 5.10. The maximum atomic E-state index is 13.1. The molecule has 5 rings (SSSR count). The number of H-pyrrole nitrogens is 1. The van der Waals surface area contributed by atoms with E-state index in [-0.39, 0.29) is 12.1 Å². The van der Waals surface area contributed by atoms with E-state index in [0.717, 1.165) is 35.3 Å². The van der Waals surface area contributed by atoms with Gasteiger partial charge in [0.2, 0.25) is 0 Å². The van der Waals surface area contributed by atoms with Crippen LogP contribution in [-0.2, 0) is 19.4 Å². The van der Waals surface area contributed by atoms with Crippen molar-refractivity contribution in [1.29, 1.82) is 0 Å². The normalized spacial score (nSPS) is 11.1. The summed E-state index contributed by atoms with van der Waals surface area (Å²) >= 11 is 0. The highest BCUT2D eigenvalue weighted by Gasteiger charge is 2.13. The second-order valence-electron chi connectivity index (χ2n) is 7.41. The van der Waals surface area contributed by atoms with Gasteiger partial charge in [-0.15, -0.1) is 0 Å². The van der Waals surface area contributed by atoms with Crippen LogP contribution >= 0.6 is 0 Å². The van der Waals surface area contributed by atoms with Gasteiger partial charge in [-0.3, -0.25) is 9.89 Å². The fourth-order valence-electron chi connectivity index (χ4n) is 3.71. The zero-order valence-corrected chi connectivity index (χ0v) is 16.9. The summed E-state index contributed by atoms with van der Waals surface area (Å²) in [6.45, 7) is 0.238. The van der Waals surface area contributed by atoms with Gasteiger partial charge in [-0.2, -0.15) is 10.2 Å². The van der Waals surface area contributed by atoms with Gasteiger partial charge in [-0.25, -0.2) is 9.67 Å². The highest BCUT2D eigenvalue weighted by molar-refractivity contribution is 5.93. The van der Waals surface area contributed by atoms with Gasteiger partial charge in [0.25, 0.3) is 5.56 Å². The largest absolute Gasteiger partial charge is 0.275 e. The molecule has 0 bridgehead atoms. The third-order valence-electron chi connectivity index (χ3n) is 5.27. The van der Waals surface area contributed by atoms with Gasteiger partial charge in [0.05, 0.1) is 11.1 Å². The predicted octanol–water partition coefficient (Wildman–Crippen LogP) is 4.02. The first kappa shape index (κ1) is 18.9. The van der Waals surface area contributed by atoms with Gasteiger partial charge in [0.1, 0.15) is 12.4 Å². The quantitative estimate of drug-likeness (QED) is 0.461. The molecule has 1 N–H and O–H groups in total. The molecule has 0 saturated heterocycles. The molecule has 152 valence electrons. The summed E-state index contributed by atoms with van der Waals surface area (Å²) in [7, 11) is 0. The van der Waals surface area contributed by atoms with Crippen molar-refractivity contribution in [2.75, 3.05) is 0 Å². The minimum Gasteiger partial charge on any atom is -0.267 e. The molecule has 5 aromatic rings. The molecule has 0 radical (unpaired) electrons. The summed E-state index contributed by atoms with van der Waals surface area (Å²) in [5, 5.41) is 13.5. The molecule has 0 unspecified atom stereocenters. The number of rotatable bonds is 6. The molecule has 6 heteroatoms. The van der Waals surface area contributed by atoms with Crippen LogP contribution in [-0.4, -0.2) is 25.0 Å². The zero-order valence-electron chi connectivity index (χ0n) is 16.9. The van der Waals surface area contributed by atoms with Crippen molar-refractivity contribution < 1.29 is 0 Å². The highest BCUT2D eigenvalue weighted by atomic mass is 16.1. The number of nitrogens with one attached hydrogen (secondary N) is 1. The zero-order chi connectivity index (χ0) is 21.0. The molecule has 0 aliphatic rings. The smallest absolute Gasteiger partial charge is 0.267 e. The molecule has 2 aromatic heterocycles. The standard InChI is InChI=1S/C25H21N5O/c31-25-21-14-8-7-13-20(21)24(19-11-5-2-6-12-19)29-30(25)17-23-26-22(27-28-23)16-15-18-9-3-1-4-10-18/h1-14H,15-17H2,(H,26,27,28). The molecule has 31 heavy (non-hydrogen) atoms. The van der Waals surface area contributed by atoms with E-state index < -0.39 is 0 Å². The van der Waals surface area contributed by atoms with Crippen LogP contribution in [0, 0.1) is 0 Å². The van der Waals surface area contributed by atoms with Crippen LogP contribution in [0.15, 0.2) is 89.7 Å². The lowest BCUT2D eigenvalue weighted by Gasteiger charge is -2.10. The van der Waals surface area contributed by atoms with E-state index >= 15 is 0 Å². The van der Waals surface area contributed by atoms with E-state index in [9.17, 15) is 4.79 Å². The summed E-state index contributed by atoms with van der Waals surface area (Å²) < 4.78 is 1.46. The van der Waals surface area contributed by atoms with E-state index in [2.05, 4.69) is 32.4 Å². The van der Waals surface area contributed by atoms with Gasteiger partial charge >= 0.3 is 0 Å². The second kappa shape index (κ2) is 8.36. The molecule has 6 nitrogen and oxygen atoms in total. The first-order chi connectivity index (χ1) is 15.3. The van der Waals surface area contributed by atoms with Crippen molar-refractivity contribution >= 4 is 10.8 Å². The van der Waals surface area contributed by atoms with Crippen LogP contribution in [0.4, 0.5) is 0 Å². The van der Waals surface area contributed by atoms with Crippen LogP contribution < -0.4 is 5.56 Å². The summed E-state index contributed by atoms with van der Waals surface area (Å²) in [6, 6.07) is 27.7. The average molecular weight is 407 g/mol. The Morgan fingerprint density at radius 3 is 2.23 bits per heavy atom. The van der Waals surface area contributed by atoms with Gasteiger partial charge in [-0.1, -0.05) is 78.9 Å². The fraction of sp³-hybridized carbons (Fsp3) is 0.120. The molecule has 0 saturated carbocycles. The molecule has 0 atom stereocenters. The van der Waals surface area contributed by atoms with E-state index in [4.69, 9.17) is 0 Å². The van der Waals surface area contributed by atoms with E-state index in [0.29, 0.717) is 11.2 Å². The van der Waals surface area contributed by atoms with Crippen molar-refractivity contribution in [2.24, 2.45) is 0 Å². The summed E-state index contributed by atoms with van der Waals surface area (Å²) in [4.78, 5) is 17.7. The number of hydrogen-bond acceptors (Lipinski definition) is 4. The van der Waals surface area contributed by atoms with E-state index in [1.165, 1.54) is 10.2 Å². The first-order valence-corrected chi connectivity index (χ1v) is 10.3. The Labute approximate surface area is 179 Å². The number of benzene rings is 3. The Morgan fingerprint density at radius 2 is 1.45 bits per heavy atom. The summed E-state index contributed by atoms with van der Waals surface area (Å²) in [5.41, 5.74) is 2.85. The average Bonchev–Trinajstić information content (AvgIpc) is 3.28. The topological polar surface area (TPSA) is 76.5 Å². The molecule has 0 aliphatic heterocycles. The van der Waals surface area contributed by atoms with Crippen molar-refractivity contribution in [1.82, 2.24) is 25.0 Å². The number of hydrogen-bond donors (Lipinski definition) is 1. The van der Waals surface area contributed by atoms with Gasteiger partial charge < -0.3 is 0 Å². The molecule has 0 spiro atoms. The van der Waals surface area contributed by atoms with Crippen molar-refractivity contribution in [2.45, 2.75) is 19.4 Å². The van der Waals surface area contributed by atoms with Crippen LogP contribution in [0.2, 0.25) is 0 Å². The molecule has 0 amide bonds. The molecular weight excluding hydrogens is 386 g/mol. The molecule has 0 aliphatic carbocycles. The third kappa shape index (κ3) is 4.00. The predicted molar refractivity (Wildman–Crippen MR) is 121 cm³/mol. The molecule has 0 fully saturated rings. The van der Waals surface area contributed by atoms with E-state index in [1.54, 1.807) is 0 Å². The van der Waals surface area contributed by atoms with Crippen LogP contribution in [0.25, 0.3) is 22.0 Å². The van der Waals surface area contributed by atoms with Gasteiger partial charge in [0.15, 0.2) is 5.82 Å². The highest BCUT2D eigenvalue weighted by Crippen LogP contribution is 2.24. The number of nitrogens with zero attached hydrogens (tertiary/aromatic N) is 4. The summed E-state index contributed by atoms with van der Waals surface area (Å²) in [6.07, 6.45) is 1.60. The number of aryl methyl sites for hydroxylation is 2. The number of fused-ring (bicyclic) bond motifs is 1. The van der Waals surface area contributed by atoms with Crippen molar-refractivity contribution in [3.63, 3.8) is 0 Å². The monoisotopic (exact) mass is 407 g/mol. The molecule has 2 heterocycles. The Morgan fingerprint density at radius 1 is 0.774 bits per heavy atom. The Balaban J connectivity index is 1.45. The lowest BCUT2D eigenvalue weighted by atomic mass is 10.1. The van der Waals surface area contributed by atoms with Gasteiger partial charge in [-0.05, 0) is 18.1 Å². The van der Waals surface area contributed by atoms with Crippen molar-refractivity contribution in [3.05, 3.63) is 112 Å². The third-order valence-corrected chi connectivity index (χ3v) is 5.27. The maximum Gasteiger partial charge on any atom is 0.275 e. The fourth-order valence-corrected chi connectivity index (χ4v) is 3.71. The first-order valence-electron chi connectivity index (χ1n) is 10.3. The van der Waals surface area contributed by atoms with Crippen LogP contribution in [0.3, 0.4) is 0 Å². The Bertz CT molecular complexity index is 1370. The lowest BCUT2D eigenvalue weighted by Crippen LogP contribution is -2.25.